The van der Waals surface area contributed by atoms with Crippen molar-refractivity contribution < 1.29 is 9.50 Å². The zero-order valence-corrected chi connectivity index (χ0v) is 16.2. The van der Waals surface area contributed by atoms with Crippen molar-refractivity contribution in [3.8, 4) is 11.1 Å². The molecule has 0 heterocycles. The van der Waals surface area contributed by atoms with Gasteiger partial charge in [-0.25, -0.2) is 4.39 Å². The van der Waals surface area contributed by atoms with Crippen LogP contribution >= 0.6 is 0 Å². The highest BCUT2D eigenvalue weighted by Gasteiger charge is 2.21. The van der Waals surface area contributed by atoms with Crippen molar-refractivity contribution >= 4 is 0 Å². The Bertz CT molecular complexity index is 699. The quantitative estimate of drug-likeness (QED) is 0.603. The summed E-state index contributed by atoms with van der Waals surface area (Å²) in [5.41, 5.74) is 6.99. The zero-order chi connectivity index (χ0) is 18.6. The molecule has 2 aromatic carbocycles. The van der Waals surface area contributed by atoms with Gasteiger partial charge < -0.3 is 5.11 Å². The summed E-state index contributed by atoms with van der Waals surface area (Å²) in [4.78, 5) is 0. The number of halogens is 1. The van der Waals surface area contributed by atoms with Crippen LogP contribution < -0.4 is 0 Å². The van der Waals surface area contributed by atoms with E-state index in [1.165, 1.54) is 28.8 Å². The van der Waals surface area contributed by atoms with Gasteiger partial charge in [-0.2, -0.15) is 0 Å². The Hall–Kier alpha value is -1.67. The van der Waals surface area contributed by atoms with Crippen LogP contribution in [0, 0.1) is 5.82 Å². The number of hydrogen-bond acceptors (Lipinski definition) is 1. The predicted molar refractivity (Wildman–Crippen MR) is 105 cm³/mol. The summed E-state index contributed by atoms with van der Waals surface area (Å²) >= 11 is 0. The molecule has 0 aliphatic heterocycles. The maximum atomic E-state index is 13.5. The fraction of sp³-hybridized carbons (Fsp3) is 0.478. The average Bonchev–Trinajstić information content (AvgIpc) is 2.58. The lowest BCUT2D eigenvalue weighted by molar-refractivity contribution is 0.280. The third-order valence-electron chi connectivity index (χ3n) is 4.93. The van der Waals surface area contributed by atoms with Crippen LogP contribution in [0.25, 0.3) is 11.1 Å². The van der Waals surface area contributed by atoms with Crippen LogP contribution in [0.1, 0.15) is 81.5 Å². The molecule has 25 heavy (non-hydrogen) atoms. The molecule has 0 aromatic heterocycles. The number of benzene rings is 2. The zero-order valence-electron chi connectivity index (χ0n) is 16.2. The van der Waals surface area contributed by atoms with Crippen molar-refractivity contribution in [3.05, 3.63) is 58.4 Å². The third kappa shape index (κ3) is 4.30. The number of rotatable bonds is 7. The van der Waals surface area contributed by atoms with Crippen LogP contribution in [0.5, 0.6) is 0 Å². The summed E-state index contributed by atoms with van der Waals surface area (Å²) in [5, 5.41) is 10.2. The normalized spacial score (nSPS) is 11.6. The molecule has 2 aromatic rings. The first kappa shape index (κ1) is 19.7. The highest BCUT2D eigenvalue weighted by atomic mass is 19.1. The fourth-order valence-corrected chi connectivity index (χ4v) is 3.60. The molecule has 136 valence electrons. The average molecular weight is 342 g/mol. The maximum Gasteiger partial charge on any atom is 0.123 e. The maximum absolute atomic E-state index is 13.5. The van der Waals surface area contributed by atoms with Gasteiger partial charge in [-0.15, -0.1) is 0 Å². The Labute approximate surface area is 151 Å². The van der Waals surface area contributed by atoms with Crippen LogP contribution in [0.4, 0.5) is 4.39 Å². The molecule has 0 unspecified atom stereocenters. The van der Waals surface area contributed by atoms with Crippen LogP contribution in [0.2, 0.25) is 0 Å². The molecule has 0 aliphatic carbocycles. The number of unbranched alkanes of at least 4 members (excludes halogenated alkanes) is 1. The number of aliphatic hydroxyl groups excluding tert-OH is 1. The first-order valence-electron chi connectivity index (χ1n) is 9.45. The molecule has 0 fully saturated rings. The van der Waals surface area contributed by atoms with Crippen LogP contribution in [0.15, 0.2) is 30.3 Å². The van der Waals surface area contributed by atoms with E-state index < -0.39 is 0 Å². The van der Waals surface area contributed by atoms with Gasteiger partial charge in [0, 0.05) is 0 Å². The summed E-state index contributed by atoms with van der Waals surface area (Å²) in [5.74, 6) is 0.517. The Kier molecular flexibility index (Phi) is 6.78. The summed E-state index contributed by atoms with van der Waals surface area (Å²) in [7, 11) is 0. The Balaban J connectivity index is 2.83. The topological polar surface area (TPSA) is 20.2 Å². The SMILES string of the molecule is CCCCc1c(C(C)C)cc(C(C)C)c(CO)c1-c1ccc(F)cc1. The lowest BCUT2D eigenvalue weighted by Gasteiger charge is -2.25. The highest BCUT2D eigenvalue weighted by molar-refractivity contribution is 5.74. The Morgan fingerprint density at radius 3 is 1.96 bits per heavy atom. The summed E-state index contributed by atoms with van der Waals surface area (Å²) in [6.07, 6.45) is 3.22. The second-order valence-corrected chi connectivity index (χ2v) is 7.47. The van der Waals surface area contributed by atoms with E-state index in [1.807, 2.05) is 12.1 Å². The second kappa shape index (κ2) is 8.62. The van der Waals surface area contributed by atoms with Crippen LogP contribution in [-0.2, 0) is 13.0 Å². The Morgan fingerprint density at radius 2 is 1.48 bits per heavy atom. The molecular weight excluding hydrogens is 311 g/mol. The Morgan fingerprint density at radius 1 is 0.920 bits per heavy atom. The monoisotopic (exact) mass is 342 g/mol. The van der Waals surface area contributed by atoms with Gasteiger partial charge in [0.15, 0.2) is 0 Å². The lowest BCUT2D eigenvalue weighted by Crippen LogP contribution is -2.09. The molecule has 0 saturated carbocycles. The largest absolute Gasteiger partial charge is 0.392 e. The number of aliphatic hydroxyl groups is 1. The highest BCUT2D eigenvalue weighted by Crippen LogP contribution is 2.39. The third-order valence-corrected chi connectivity index (χ3v) is 4.93. The molecule has 0 radical (unpaired) electrons. The van der Waals surface area contributed by atoms with Crippen molar-refractivity contribution in [2.24, 2.45) is 0 Å². The van der Waals surface area contributed by atoms with Gasteiger partial charge in [-0.05, 0) is 70.2 Å². The smallest absolute Gasteiger partial charge is 0.123 e. The van der Waals surface area contributed by atoms with Gasteiger partial charge in [0.05, 0.1) is 6.61 Å². The molecule has 2 rings (SSSR count). The van der Waals surface area contributed by atoms with E-state index in [0.717, 1.165) is 36.0 Å². The van der Waals surface area contributed by atoms with E-state index in [2.05, 4.69) is 40.7 Å². The van der Waals surface area contributed by atoms with Crippen molar-refractivity contribution in [3.63, 3.8) is 0 Å². The minimum atomic E-state index is -0.228. The lowest BCUT2D eigenvalue weighted by atomic mass is 9.80. The molecule has 0 aliphatic rings. The van der Waals surface area contributed by atoms with Gasteiger partial charge in [0.2, 0.25) is 0 Å². The minimum absolute atomic E-state index is 0.0116. The van der Waals surface area contributed by atoms with Crippen LogP contribution in [-0.4, -0.2) is 5.11 Å². The second-order valence-electron chi connectivity index (χ2n) is 7.47. The molecule has 0 spiro atoms. The van der Waals surface area contributed by atoms with Gasteiger partial charge in [0.25, 0.3) is 0 Å². The van der Waals surface area contributed by atoms with E-state index in [4.69, 9.17) is 0 Å². The van der Waals surface area contributed by atoms with Gasteiger partial charge >= 0.3 is 0 Å². The first-order chi connectivity index (χ1) is 11.9. The van der Waals surface area contributed by atoms with Crippen molar-refractivity contribution in [1.29, 1.82) is 0 Å². The summed E-state index contributed by atoms with van der Waals surface area (Å²) in [6, 6.07) is 8.99. The van der Waals surface area contributed by atoms with E-state index in [1.54, 1.807) is 0 Å². The van der Waals surface area contributed by atoms with E-state index in [0.29, 0.717) is 11.8 Å². The molecule has 1 nitrogen and oxygen atoms in total. The van der Waals surface area contributed by atoms with E-state index >= 15 is 0 Å². The standard InChI is InChI=1S/C23H31FO/c1-6-7-8-19-20(15(2)3)13-21(16(4)5)22(14-25)23(19)17-9-11-18(24)12-10-17/h9-13,15-16,25H,6-8,14H2,1-5H3. The van der Waals surface area contributed by atoms with Gasteiger partial charge in [0.1, 0.15) is 5.82 Å². The van der Waals surface area contributed by atoms with E-state index in [9.17, 15) is 9.50 Å². The molecule has 0 bridgehead atoms. The first-order valence-corrected chi connectivity index (χ1v) is 9.45. The van der Waals surface area contributed by atoms with Crippen molar-refractivity contribution in [2.75, 3.05) is 0 Å². The van der Waals surface area contributed by atoms with Gasteiger partial charge in [-0.3, -0.25) is 0 Å². The summed E-state index contributed by atoms with van der Waals surface area (Å²) < 4.78 is 13.5. The fourth-order valence-electron chi connectivity index (χ4n) is 3.60. The van der Waals surface area contributed by atoms with Gasteiger partial charge in [-0.1, -0.05) is 59.2 Å². The minimum Gasteiger partial charge on any atom is -0.392 e. The van der Waals surface area contributed by atoms with Crippen LogP contribution in [0.3, 0.4) is 0 Å². The molecule has 0 amide bonds. The molecule has 2 heteroatoms. The molecule has 1 N–H and O–H groups in total. The van der Waals surface area contributed by atoms with Crippen molar-refractivity contribution in [2.45, 2.75) is 72.3 Å². The molecular formula is C23H31FO. The summed E-state index contributed by atoms with van der Waals surface area (Å²) in [6.45, 7) is 11.0. The number of hydrogen-bond donors (Lipinski definition) is 1. The van der Waals surface area contributed by atoms with E-state index in [-0.39, 0.29) is 12.4 Å². The molecule has 0 saturated heterocycles. The molecule has 0 atom stereocenters. The predicted octanol–water partition coefficient (Wildman–Crippen LogP) is 6.57. The van der Waals surface area contributed by atoms with Crippen molar-refractivity contribution in [1.82, 2.24) is 0 Å².